The fourth-order valence-corrected chi connectivity index (χ4v) is 2.07. The van der Waals surface area contributed by atoms with Gasteiger partial charge in [0.05, 0.1) is 6.10 Å². The molecule has 2 rings (SSSR count). The minimum atomic E-state index is -0.350. The zero-order valence-corrected chi connectivity index (χ0v) is 8.53. The van der Waals surface area contributed by atoms with Crippen molar-refractivity contribution >= 4 is 0 Å². The van der Waals surface area contributed by atoms with Gasteiger partial charge in [-0.05, 0) is 31.9 Å². The quantitative estimate of drug-likeness (QED) is 0.747. The van der Waals surface area contributed by atoms with Gasteiger partial charge in [0.25, 0.3) is 0 Å². The Morgan fingerprint density at radius 1 is 1.50 bits per heavy atom. The molecule has 76 valence electrons. The van der Waals surface area contributed by atoms with Gasteiger partial charge in [0, 0.05) is 6.04 Å². The number of rotatable bonds is 2. The van der Waals surface area contributed by atoms with Crippen molar-refractivity contribution in [3.8, 4) is 0 Å². The van der Waals surface area contributed by atoms with E-state index in [2.05, 4.69) is 24.4 Å². The summed E-state index contributed by atoms with van der Waals surface area (Å²) >= 11 is 0. The molecule has 1 unspecified atom stereocenters. The number of nitrogens with one attached hydrogen (secondary N) is 1. The van der Waals surface area contributed by atoms with Crippen LogP contribution in [0, 0.1) is 6.92 Å². The van der Waals surface area contributed by atoms with Crippen LogP contribution >= 0.6 is 0 Å². The number of benzene rings is 1. The van der Waals surface area contributed by atoms with Crippen molar-refractivity contribution in [3.05, 3.63) is 35.4 Å². The first kappa shape index (κ1) is 9.69. The molecule has 1 aromatic carbocycles. The third-order valence-corrected chi connectivity index (χ3v) is 2.86. The zero-order chi connectivity index (χ0) is 9.97. The minimum Gasteiger partial charge on any atom is -0.387 e. The molecular weight excluding hydrogens is 174 g/mol. The Balaban J connectivity index is 2.13. The Labute approximate surface area is 85.0 Å². The van der Waals surface area contributed by atoms with Gasteiger partial charge in [-0.1, -0.05) is 29.8 Å². The lowest BCUT2D eigenvalue weighted by Gasteiger charge is -2.18. The third kappa shape index (κ3) is 1.97. The Bertz CT molecular complexity index is 305. The van der Waals surface area contributed by atoms with E-state index in [9.17, 15) is 5.11 Å². The maximum absolute atomic E-state index is 10.1. The van der Waals surface area contributed by atoms with Gasteiger partial charge in [0.2, 0.25) is 0 Å². The van der Waals surface area contributed by atoms with Crippen LogP contribution in [0.25, 0.3) is 0 Å². The van der Waals surface area contributed by atoms with Crippen molar-refractivity contribution < 1.29 is 5.11 Å². The van der Waals surface area contributed by atoms with E-state index < -0.39 is 0 Å². The lowest BCUT2D eigenvalue weighted by molar-refractivity contribution is 0.137. The van der Waals surface area contributed by atoms with Crippen LogP contribution in [-0.2, 0) is 0 Å². The van der Waals surface area contributed by atoms with Crippen LogP contribution in [-0.4, -0.2) is 17.7 Å². The maximum Gasteiger partial charge on any atom is 0.0943 e. The van der Waals surface area contributed by atoms with E-state index in [0.29, 0.717) is 0 Å². The molecule has 0 spiro atoms. The first-order chi connectivity index (χ1) is 6.77. The largest absolute Gasteiger partial charge is 0.387 e. The van der Waals surface area contributed by atoms with Crippen molar-refractivity contribution in [2.75, 3.05) is 6.54 Å². The molecule has 2 nitrogen and oxygen atoms in total. The topological polar surface area (TPSA) is 32.3 Å². The monoisotopic (exact) mass is 191 g/mol. The molecule has 1 heterocycles. The molecule has 2 N–H and O–H groups in total. The Morgan fingerprint density at radius 3 is 3.00 bits per heavy atom. The number of hydrogen-bond donors (Lipinski definition) is 2. The van der Waals surface area contributed by atoms with Crippen molar-refractivity contribution in [1.82, 2.24) is 5.32 Å². The molecule has 2 atom stereocenters. The molecule has 2 heteroatoms. The van der Waals surface area contributed by atoms with Crippen molar-refractivity contribution in [3.63, 3.8) is 0 Å². The molecular formula is C12H17NO. The summed E-state index contributed by atoms with van der Waals surface area (Å²) < 4.78 is 0. The molecule has 1 fully saturated rings. The predicted molar refractivity (Wildman–Crippen MR) is 57.2 cm³/mol. The van der Waals surface area contributed by atoms with Gasteiger partial charge in [-0.2, -0.15) is 0 Å². The molecule has 0 bridgehead atoms. The minimum absolute atomic E-state index is 0.247. The average Bonchev–Trinajstić information content (AvgIpc) is 2.69. The molecule has 0 saturated carbocycles. The third-order valence-electron chi connectivity index (χ3n) is 2.86. The van der Waals surface area contributed by atoms with Gasteiger partial charge in [-0.15, -0.1) is 0 Å². The summed E-state index contributed by atoms with van der Waals surface area (Å²) in [7, 11) is 0. The second-order valence-electron chi connectivity index (χ2n) is 4.06. The first-order valence-corrected chi connectivity index (χ1v) is 5.25. The van der Waals surface area contributed by atoms with Crippen molar-refractivity contribution in [1.29, 1.82) is 0 Å². The number of aliphatic hydroxyl groups is 1. The van der Waals surface area contributed by atoms with Crippen LogP contribution in [0.4, 0.5) is 0 Å². The summed E-state index contributed by atoms with van der Waals surface area (Å²) in [5, 5.41) is 13.4. The highest BCUT2D eigenvalue weighted by Gasteiger charge is 2.23. The summed E-state index contributed by atoms with van der Waals surface area (Å²) in [5.41, 5.74) is 2.24. The van der Waals surface area contributed by atoms with E-state index in [4.69, 9.17) is 0 Å². The summed E-state index contributed by atoms with van der Waals surface area (Å²) in [6, 6.07) is 8.36. The normalized spacial score (nSPS) is 23.7. The molecule has 0 radical (unpaired) electrons. The SMILES string of the molecule is Cc1cccc(C(O)[C@H]2CCCN2)c1. The molecule has 0 aliphatic carbocycles. The Kier molecular flexibility index (Phi) is 2.85. The zero-order valence-electron chi connectivity index (χ0n) is 8.53. The number of aliphatic hydroxyl groups excluding tert-OH is 1. The van der Waals surface area contributed by atoms with Crippen LogP contribution in [0.1, 0.15) is 30.1 Å². The summed E-state index contributed by atoms with van der Waals surface area (Å²) in [6.45, 7) is 3.09. The van der Waals surface area contributed by atoms with E-state index in [1.165, 1.54) is 12.0 Å². The highest BCUT2D eigenvalue weighted by Crippen LogP contribution is 2.23. The van der Waals surface area contributed by atoms with E-state index >= 15 is 0 Å². The summed E-state index contributed by atoms with van der Waals surface area (Å²) in [5.74, 6) is 0. The van der Waals surface area contributed by atoms with Crippen LogP contribution in [0.5, 0.6) is 0 Å². The smallest absolute Gasteiger partial charge is 0.0943 e. The molecule has 0 amide bonds. The van der Waals surface area contributed by atoms with Crippen LogP contribution in [0.3, 0.4) is 0 Å². The van der Waals surface area contributed by atoms with Gasteiger partial charge in [-0.3, -0.25) is 0 Å². The molecule has 0 aromatic heterocycles. The second-order valence-corrected chi connectivity index (χ2v) is 4.06. The Hall–Kier alpha value is -0.860. The average molecular weight is 191 g/mol. The lowest BCUT2D eigenvalue weighted by Crippen LogP contribution is -2.28. The van der Waals surface area contributed by atoms with Gasteiger partial charge >= 0.3 is 0 Å². The summed E-state index contributed by atoms with van der Waals surface area (Å²) in [4.78, 5) is 0. The van der Waals surface area contributed by atoms with Crippen molar-refractivity contribution in [2.45, 2.75) is 31.9 Å². The lowest BCUT2D eigenvalue weighted by atomic mass is 10.00. The molecule has 1 aromatic rings. The fourth-order valence-electron chi connectivity index (χ4n) is 2.07. The van der Waals surface area contributed by atoms with E-state index in [-0.39, 0.29) is 12.1 Å². The van der Waals surface area contributed by atoms with Crippen LogP contribution in [0.2, 0.25) is 0 Å². The number of aryl methyl sites for hydroxylation is 1. The van der Waals surface area contributed by atoms with Crippen LogP contribution in [0.15, 0.2) is 24.3 Å². The number of hydrogen-bond acceptors (Lipinski definition) is 2. The van der Waals surface area contributed by atoms with Gasteiger partial charge in [0.1, 0.15) is 0 Å². The molecule has 1 aliphatic heterocycles. The van der Waals surface area contributed by atoms with Gasteiger partial charge in [0.15, 0.2) is 0 Å². The standard InChI is InChI=1S/C12H17NO/c1-9-4-2-5-10(8-9)12(14)11-6-3-7-13-11/h2,4-5,8,11-14H,3,6-7H2,1H3/t11-,12?/m1/s1. The van der Waals surface area contributed by atoms with Gasteiger partial charge in [-0.25, -0.2) is 0 Å². The Morgan fingerprint density at radius 2 is 2.36 bits per heavy atom. The van der Waals surface area contributed by atoms with Crippen molar-refractivity contribution in [2.24, 2.45) is 0 Å². The second kappa shape index (κ2) is 4.11. The predicted octanol–water partition coefficient (Wildman–Crippen LogP) is 1.78. The maximum atomic E-state index is 10.1. The van der Waals surface area contributed by atoms with Crippen LogP contribution < -0.4 is 5.32 Å². The highest BCUT2D eigenvalue weighted by molar-refractivity contribution is 5.25. The summed E-state index contributed by atoms with van der Waals surface area (Å²) in [6.07, 6.45) is 1.90. The van der Waals surface area contributed by atoms with E-state index in [1.807, 2.05) is 12.1 Å². The van der Waals surface area contributed by atoms with E-state index in [1.54, 1.807) is 0 Å². The first-order valence-electron chi connectivity index (χ1n) is 5.25. The molecule has 1 aliphatic rings. The molecule has 1 saturated heterocycles. The fraction of sp³-hybridized carbons (Fsp3) is 0.500. The van der Waals surface area contributed by atoms with E-state index in [0.717, 1.165) is 18.5 Å². The molecule has 14 heavy (non-hydrogen) atoms. The van der Waals surface area contributed by atoms with Gasteiger partial charge < -0.3 is 10.4 Å². The highest BCUT2D eigenvalue weighted by atomic mass is 16.3.